The molecule has 3 aromatic rings. The quantitative estimate of drug-likeness (QED) is 0.727. The Kier molecular flexibility index (Phi) is 4.61. The Morgan fingerprint density at radius 3 is 2.56 bits per heavy atom. The van der Waals surface area contributed by atoms with Crippen molar-refractivity contribution in [2.24, 2.45) is 0 Å². The summed E-state index contributed by atoms with van der Waals surface area (Å²) in [6, 6.07) is 11.6. The molecular formula is C19H18FN3O2. The van der Waals surface area contributed by atoms with Gasteiger partial charge in [0.15, 0.2) is 0 Å². The Morgan fingerprint density at radius 2 is 1.88 bits per heavy atom. The van der Waals surface area contributed by atoms with Gasteiger partial charge >= 0.3 is 5.97 Å². The number of nitrogens with one attached hydrogen (secondary N) is 1. The second kappa shape index (κ2) is 6.84. The zero-order valence-electron chi connectivity index (χ0n) is 14.2. The monoisotopic (exact) mass is 339 g/mol. The number of methoxy groups -OCH3 is 1. The number of carbonyl (C=O) groups is 1. The van der Waals surface area contributed by atoms with E-state index in [2.05, 4.69) is 15.3 Å². The van der Waals surface area contributed by atoms with Crippen LogP contribution in [-0.2, 0) is 4.74 Å². The van der Waals surface area contributed by atoms with Crippen LogP contribution < -0.4 is 5.32 Å². The van der Waals surface area contributed by atoms with Crippen LogP contribution in [0.2, 0.25) is 0 Å². The molecule has 1 atom stereocenters. The summed E-state index contributed by atoms with van der Waals surface area (Å²) in [5.41, 5.74) is 2.04. The first-order chi connectivity index (χ1) is 12.0. The van der Waals surface area contributed by atoms with Gasteiger partial charge in [0.05, 0.1) is 18.2 Å². The zero-order chi connectivity index (χ0) is 18.0. The van der Waals surface area contributed by atoms with Crippen molar-refractivity contribution in [1.29, 1.82) is 0 Å². The number of carbonyl (C=O) groups excluding carboxylic acids is 1. The van der Waals surface area contributed by atoms with Crippen LogP contribution in [0.5, 0.6) is 0 Å². The molecule has 0 aliphatic rings. The first-order valence-electron chi connectivity index (χ1n) is 7.86. The van der Waals surface area contributed by atoms with E-state index in [0.717, 1.165) is 10.9 Å². The number of anilines is 1. The zero-order valence-corrected chi connectivity index (χ0v) is 14.2. The molecule has 0 bridgehead atoms. The van der Waals surface area contributed by atoms with Crippen LogP contribution in [0.1, 0.15) is 34.7 Å². The van der Waals surface area contributed by atoms with Crippen LogP contribution >= 0.6 is 0 Å². The highest BCUT2D eigenvalue weighted by atomic mass is 19.1. The lowest BCUT2D eigenvalue weighted by Crippen LogP contribution is -2.10. The smallest absolute Gasteiger partial charge is 0.337 e. The van der Waals surface area contributed by atoms with Gasteiger partial charge in [-0.3, -0.25) is 0 Å². The van der Waals surface area contributed by atoms with Crippen LogP contribution in [0.4, 0.5) is 10.2 Å². The first kappa shape index (κ1) is 16.8. The van der Waals surface area contributed by atoms with Crippen molar-refractivity contribution in [2.75, 3.05) is 12.4 Å². The van der Waals surface area contributed by atoms with Crippen molar-refractivity contribution in [2.45, 2.75) is 19.9 Å². The number of ether oxygens (including phenoxy) is 1. The molecule has 0 radical (unpaired) electrons. The summed E-state index contributed by atoms with van der Waals surface area (Å²) < 4.78 is 18.1. The summed E-state index contributed by atoms with van der Waals surface area (Å²) in [4.78, 5) is 20.2. The maximum absolute atomic E-state index is 13.4. The number of halogens is 1. The lowest BCUT2D eigenvalue weighted by molar-refractivity contribution is 0.0600. The number of hydrogen-bond acceptors (Lipinski definition) is 5. The van der Waals surface area contributed by atoms with E-state index in [0.29, 0.717) is 22.7 Å². The molecule has 0 aliphatic heterocycles. The molecule has 1 N–H and O–H groups in total. The number of fused-ring (bicyclic) bond motifs is 1. The summed E-state index contributed by atoms with van der Waals surface area (Å²) in [6.45, 7) is 3.76. The lowest BCUT2D eigenvalue weighted by Gasteiger charge is -2.17. The van der Waals surface area contributed by atoms with E-state index in [1.54, 1.807) is 25.1 Å². The van der Waals surface area contributed by atoms with Crippen LogP contribution in [0, 0.1) is 12.7 Å². The minimum atomic E-state index is -0.369. The molecule has 2 aromatic carbocycles. The average molecular weight is 339 g/mol. The number of rotatable bonds is 4. The summed E-state index contributed by atoms with van der Waals surface area (Å²) in [6.07, 6.45) is 0. The molecule has 5 nitrogen and oxygen atoms in total. The van der Waals surface area contributed by atoms with Crippen LogP contribution in [0.3, 0.4) is 0 Å². The maximum atomic E-state index is 13.4. The van der Waals surface area contributed by atoms with E-state index in [1.807, 2.05) is 19.1 Å². The third-order valence-corrected chi connectivity index (χ3v) is 3.96. The Hall–Kier alpha value is -3.02. The molecule has 1 heterocycles. The molecule has 0 spiro atoms. The summed E-state index contributed by atoms with van der Waals surface area (Å²) >= 11 is 0. The molecule has 0 fully saturated rings. The van der Waals surface area contributed by atoms with Crippen molar-refractivity contribution >= 4 is 22.7 Å². The summed E-state index contributed by atoms with van der Waals surface area (Å²) in [5.74, 6) is 0.510. The topological polar surface area (TPSA) is 64.1 Å². The van der Waals surface area contributed by atoms with Crippen molar-refractivity contribution in [3.63, 3.8) is 0 Å². The van der Waals surface area contributed by atoms with E-state index in [1.165, 1.54) is 19.2 Å². The summed E-state index contributed by atoms with van der Waals surface area (Å²) in [5, 5.41) is 4.09. The SMILES string of the molecule is COC(=O)c1ccc([C@H](C)Nc2nc(C)nc3cc(F)ccc23)cc1. The number of esters is 1. The van der Waals surface area contributed by atoms with Gasteiger partial charge in [0.25, 0.3) is 0 Å². The highest BCUT2D eigenvalue weighted by Crippen LogP contribution is 2.25. The molecule has 0 saturated carbocycles. The molecule has 25 heavy (non-hydrogen) atoms. The second-order valence-corrected chi connectivity index (χ2v) is 5.76. The fourth-order valence-electron chi connectivity index (χ4n) is 2.64. The van der Waals surface area contributed by atoms with Crippen molar-refractivity contribution < 1.29 is 13.9 Å². The number of nitrogens with zero attached hydrogens (tertiary/aromatic N) is 2. The van der Waals surface area contributed by atoms with Gasteiger partial charge < -0.3 is 10.1 Å². The fraction of sp³-hybridized carbons (Fsp3) is 0.211. The van der Waals surface area contributed by atoms with Crippen molar-refractivity contribution in [1.82, 2.24) is 9.97 Å². The van der Waals surface area contributed by atoms with E-state index < -0.39 is 0 Å². The highest BCUT2D eigenvalue weighted by molar-refractivity contribution is 5.90. The molecule has 3 rings (SSSR count). The number of hydrogen-bond donors (Lipinski definition) is 1. The number of aryl methyl sites for hydroxylation is 1. The predicted molar refractivity (Wildman–Crippen MR) is 94.1 cm³/mol. The van der Waals surface area contributed by atoms with Gasteiger partial charge in [0.2, 0.25) is 0 Å². The molecule has 1 aromatic heterocycles. The minimum absolute atomic E-state index is 0.0609. The summed E-state index contributed by atoms with van der Waals surface area (Å²) in [7, 11) is 1.35. The van der Waals surface area contributed by atoms with E-state index in [-0.39, 0.29) is 17.8 Å². The highest BCUT2D eigenvalue weighted by Gasteiger charge is 2.12. The maximum Gasteiger partial charge on any atom is 0.337 e. The molecule has 128 valence electrons. The van der Waals surface area contributed by atoms with Gasteiger partial charge in [-0.05, 0) is 43.7 Å². The molecule has 0 unspecified atom stereocenters. The standard InChI is InChI=1S/C19H18FN3O2/c1-11(13-4-6-14(7-5-13)19(24)25-3)21-18-16-9-8-15(20)10-17(16)22-12(2)23-18/h4-11H,1-3H3,(H,21,22,23)/t11-/m0/s1. The van der Waals surface area contributed by atoms with Gasteiger partial charge in [-0.15, -0.1) is 0 Å². The molecular weight excluding hydrogens is 321 g/mol. The molecule has 0 amide bonds. The van der Waals surface area contributed by atoms with E-state index in [4.69, 9.17) is 4.74 Å². The van der Waals surface area contributed by atoms with E-state index >= 15 is 0 Å². The molecule has 0 saturated heterocycles. The second-order valence-electron chi connectivity index (χ2n) is 5.76. The third-order valence-electron chi connectivity index (χ3n) is 3.96. The largest absolute Gasteiger partial charge is 0.465 e. The Balaban J connectivity index is 1.89. The number of benzene rings is 2. The van der Waals surface area contributed by atoms with Gasteiger partial charge in [-0.1, -0.05) is 12.1 Å². The normalized spacial score (nSPS) is 12.0. The van der Waals surface area contributed by atoms with Crippen LogP contribution in [0.25, 0.3) is 10.9 Å². The average Bonchev–Trinajstić information content (AvgIpc) is 2.60. The fourth-order valence-corrected chi connectivity index (χ4v) is 2.64. The first-order valence-corrected chi connectivity index (χ1v) is 7.86. The van der Waals surface area contributed by atoms with E-state index in [9.17, 15) is 9.18 Å². The Morgan fingerprint density at radius 1 is 1.16 bits per heavy atom. The third kappa shape index (κ3) is 3.57. The van der Waals surface area contributed by atoms with Gasteiger partial charge in [0, 0.05) is 17.5 Å². The lowest BCUT2D eigenvalue weighted by atomic mass is 10.1. The van der Waals surface area contributed by atoms with Gasteiger partial charge in [-0.2, -0.15) is 0 Å². The number of aromatic nitrogens is 2. The van der Waals surface area contributed by atoms with Crippen LogP contribution in [-0.4, -0.2) is 23.0 Å². The van der Waals surface area contributed by atoms with Crippen molar-refractivity contribution in [3.05, 3.63) is 65.2 Å². The Bertz CT molecular complexity index is 921. The van der Waals surface area contributed by atoms with Gasteiger partial charge in [-0.25, -0.2) is 19.2 Å². The minimum Gasteiger partial charge on any atom is -0.465 e. The Labute approximate surface area is 144 Å². The molecule has 0 aliphatic carbocycles. The van der Waals surface area contributed by atoms with Crippen molar-refractivity contribution in [3.8, 4) is 0 Å². The van der Waals surface area contributed by atoms with Crippen LogP contribution in [0.15, 0.2) is 42.5 Å². The predicted octanol–water partition coefficient (Wildman–Crippen LogP) is 4.04. The molecule has 6 heteroatoms. The van der Waals surface area contributed by atoms with Gasteiger partial charge in [0.1, 0.15) is 17.5 Å².